The van der Waals surface area contributed by atoms with Gasteiger partial charge in [0.1, 0.15) is 0 Å². The first-order chi connectivity index (χ1) is 40.0. The van der Waals surface area contributed by atoms with Crippen molar-refractivity contribution in [2.24, 2.45) is 0 Å². The molecule has 0 saturated carbocycles. The van der Waals surface area contributed by atoms with Crippen LogP contribution in [0.1, 0.15) is 0 Å². The molecule has 4 heterocycles. The summed E-state index contributed by atoms with van der Waals surface area (Å²) in [5.41, 5.74) is 19.5. The molecule has 15 rings (SSSR count). The minimum atomic E-state index is 0.572. The quantitative estimate of drug-likeness (QED) is 0.142. The molecule has 8 nitrogen and oxygen atoms in total. The van der Waals surface area contributed by atoms with E-state index in [1.807, 2.05) is 84.9 Å². The van der Waals surface area contributed by atoms with Crippen LogP contribution in [0.25, 0.3) is 153 Å². The second-order valence-corrected chi connectivity index (χ2v) is 20.2. The summed E-state index contributed by atoms with van der Waals surface area (Å²) in [6, 6.07) is 87.5. The molecule has 0 spiro atoms. The van der Waals surface area contributed by atoms with E-state index in [-0.39, 0.29) is 0 Å². The third-order valence-electron chi connectivity index (χ3n) is 15.7. The normalized spacial score (nSPS) is 11.4. The van der Waals surface area contributed by atoms with E-state index in [0.717, 1.165) is 133 Å². The Hall–Kier alpha value is -11.6. The third-order valence-corrected chi connectivity index (χ3v) is 15.7. The summed E-state index contributed by atoms with van der Waals surface area (Å²) < 4.78 is 6.94. The lowest BCUT2D eigenvalue weighted by Crippen LogP contribution is -1.96. The number of benzene rings is 11. The monoisotopic (exact) mass is 1030 g/mol. The maximum absolute atomic E-state index is 8.39. The fraction of sp³-hybridized carbons (Fsp3) is 0. The highest BCUT2D eigenvalue weighted by atomic mass is 15.0. The number of rotatable bonds is 8. The predicted molar refractivity (Wildman–Crippen MR) is 331 cm³/mol. The number of aromatic nitrogens is 5. The van der Waals surface area contributed by atoms with Crippen LogP contribution in [0, 0.1) is 19.7 Å². The van der Waals surface area contributed by atoms with Gasteiger partial charge in [-0.1, -0.05) is 158 Å². The zero-order valence-corrected chi connectivity index (χ0v) is 43.3. The Morgan fingerprint density at radius 1 is 0.272 bits per heavy atom. The van der Waals surface area contributed by atoms with E-state index in [9.17, 15) is 0 Å². The lowest BCUT2D eigenvalue weighted by atomic mass is 9.97. The molecule has 0 saturated heterocycles. The van der Waals surface area contributed by atoms with Gasteiger partial charge < -0.3 is 13.7 Å². The average molecular weight is 1030 g/mol. The Labute approximate surface area is 466 Å². The van der Waals surface area contributed by atoms with Crippen molar-refractivity contribution in [3.8, 4) is 73.2 Å². The number of hydrogen-bond donors (Lipinski definition) is 0. The molecule has 15 aromatic rings. The van der Waals surface area contributed by atoms with Gasteiger partial charge in [0.15, 0.2) is 22.9 Å². The smallest absolute Gasteiger partial charge is 0.195 e. The molecular formula is C73H42N8. The molecule has 374 valence electrons. The van der Waals surface area contributed by atoms with Gasteiger partial charge in [-0.15, -0.1) is 0 Å². The Balaban J connectivity index is 0.819. The molecule has 0 atom stereocenters. The summed E-state index contributed by atoms with van der Waals surface area (Å²) in [5.74, 6) is 0.670. The maximum Gasteiger partial charge on any atom is 0.195 e. The van der Waals surface area contributed by atoms with Crippen molar-refractivity contribution in [3.05, 3.63) is 289 Å². The number of hydrogen-bond acceptors (Lipinski definition) is 2. The fourth-order valence-corrected chi connectivity index (χ4v) is 11.9. The van der Waals surface area contributed by atoms with Crippen molar-refractivity contribution >= 4 is 82.5 Å². The van der Waals surface area contributed by atoms with Crippen LogP contribution in [0.2, 0.25) is 0 Å². The molecule has 11 aromatic carbocycles. The van der Waals surface area contributed by atoms with E-state index >= 15 is 0 Å². The van der Waals surface area contributed by atoms with Gasteiger partial charge in [-0.3, -0.25) is 0 Å². The molecule has 0 amide bonds. The Kier molecular flexibility index (Phi) is 10.8. The van der Waals surface area contributed by atoms with Crippen molar-refractivity contribution in [1.29, 1.82) is 0 Å². The highest BCUT2D eigenvalue weighted by Gasteiger charge is 2.21. The number of nitrogens with zero attached hydrogens (tertiary/aromatic N) is 8. The van der Waals surface area contributed by atoms with Gasteiger partial charge in [0.2, 0.25) is 0 Å². The maximum atomic E-state index is 8.39. The summed E-state index contributed by atoms with van der Waals surface area (Å²) in [4.78, 5) is 21.6. The van der Waals surface area contributed by atoms with E-state index in [0.29, 0.717) is 22.9 Å². The van der Waals surface area contributed by atoms with E-state index in [2.05, 4.69) is 198 Å². The van der Waals surface area contributed by atoms with Gasteiger partial charge in [0.25, 0.3) is 0 Å². The largest absolute Gasteiger partial charge is 0.309 e. The Morgan fingerprint density at radius 3 is 1.21 bits per heavy atom. The topological polar surface area (TPSA) is 53.6 Å². The third kappa shape index (κ3) is 7.73. The first kappa shape index (κ1) is 46.7. The SMILES string of the molecule is [C-]#[N+]c1ccc2c(c1)c1ccccc1n2-c1ccc2c(c1)c1cc(-n3c4ccccc4c4cc([N+]#[C-])ccc43)ccc1n2-c1ccc(-c2ccc(-c3ccc(-c4cc(-c5ccccc5)nc(-c5ccccc5)n4)cc3)cc2[N+]#[C-])cc1. The second-order valence-electron chi connectivity index (χ2n) is 20.2. The van der Waals surface area contributed by atoms with Gasteiger partial charge in [-0.2, -0.15) is 0 Å². The summed E-state index contributed by atoms with van der Waals surface area (Å²) in [6.45, 7) is 24.0. The number of para-hydroxylation sites is 2. The first-order valence-corrected chi connectivity index (χ1v) is 26.6. The Bertz CT molecular complexity index is 4930. The molecule has 0 aliphatic heterocycles. The summed E-state index contributed by atoms with van der Waals surface area (Å²) in [5, 5.41) is 6.43. The van der Waals surface area contributed by atoms with Gasteiger partial charge in [-0.25, -0.2) is 24.5 Å². The fourth-order valence-electron chi connectivity index (χ4n) is 11.9. The highest BCUT2D eigenvalue weighted by molar-refractivity contribution is 6.14. The van der Waals surface area contributed by atoms with Gasteiger partial charge >= 0.3 is 0 Å². The summed E-state index contributed by atoms with van der Waals surface area (Å²) >= 11 is 0. The van der Waals surface area contributed by atoms with Crippen molar-refractivity contribution in [1.82, 2.24) is 23.7 Å². The van der Waals surface area contributed by atoms with Crippen LogP contribution >= 0.6 is 0 Å². The zero-order valence-electron chi connectivity index (χ0n) is 43.3. The predicted octanol–water partition coefficient (Wildman–Crippen LogP) is 19.8. The first-order valence-electron chi connectivity index (χ1n) is 26.6. The van der Waals surface area contributed by atoms with Crippen LogP contribution in [-0.2, 0) is 0 Å². The van der Waals surface area contributed by atoms with Gasteiger partial charge in [0, 0.05) is 55.3 Å². The molecule has 0 radical (unpaired) electrons. The van der Waals surface area contributed by atoms with E-state index in [1.54, 1.807) is 0 Å². The summed E-state index contributed by atoms with van der Waals surface area (Å²) in [6.07, 6.45) is 0. The lowest BCUT2D eigenvalue weighted by molar-refractivity contribution is 1.16. The zero-order chi connectivity index (χ0) is 54.1. The molecular weight excluding hydrogens is 989 g/mol. The van der Waals surface area contributed by atoms with Crippen LogP contribution in [0.15, 0.2) is 255 Å². The van der Waals surface area contributed by atoms with E-state index < -0.39 is 0 Å². The van der Waals surface area contributed by atoms with Crippen LogP contribution in [-0.4, -0.2) is 23.7 Å². The molecule has 0 unspecified atom stereocenters. The van der Waals surface area contributed by atoms with Crippen LogP contribution < -0.4 is 0 Å². The standard InChI is InChI=1S/C73H42N8/c1-74-52-29-36-69-60(41-52)58-18-10-12-20-67(58)80(69)55-33-38-71-62(43-55)63-44-56(81-68-21-13-11-19-59(68)61-42-53(75-2)30-37-70(61)81)34-39-72(63)79(71)54-31-26-47(27-32-54)57-35-28-51(40-66(57)76-3)46-22-24-49(25-23-46)65-45-64(48-14-6-4-7-15-48)77-73(78-65)50-16-8-5-9-17-50/h4-45H. The molecule has 0 aliphatic carbocycles. The minimum Gasteiger partial charge on any atom is -0.309 e. The van der Waals surface area contributed by atoms with E-state index in [4.69, 9.17) is 29.7 Å². The molecule has 0 fully saturated rings. The van der Waals surface area contributed by atoms with Crippen molar-refractivity contribution in [2.75, 3.05) is 0 Å². The van der Waals surface area contributed by atoms with Crippen molar-refractivity contribution in [2.45, 2.75) is 0 Å². The number of fused-ring (bicyclic) bond motifs is 9. The van der Waals surface area contributed by atoms with Crippen LogP contribution in [0.4, 0.5) is 17.1 Å². The van der Waals surface area contributed by atoms with Crippen molar-refractivity contribution in [3.63, 3.8) is 0 Å². The average Bonchev–Trinajstić information content (AvgIpc) is 4.38. The van der Waals surface area contributed by atoms with Gasteiger partial charge in [-0.05, 0) is 130 Å². The molecule has 0 bridgehead atoms. The van der Waals surface area contributed by atoms with E-state index in [1.165, 1.54) is 0 Å². The molecule has 4 aromatic heterocycles. The molecule has 81 heavy (non-hydrogen) atoms. The van der Waals surface area contributed by atoms with Crippen LogP contribution in [0.5, 0.6) is 0 Å². The summed E-state index contributed by atoms with van der Waals surface area (Å²) in [7, 11) is 0. The van der Waals surface area contributed by atoms with Gasteiger partial charge in [0.05, 0.1) is 64.2 Å². The molecule has 0 N–H and O–H groups in total. The molecule has 8 heteroatoms. The van der Waals surface area contributed by atoms with Crippen LogP contribution in [0.3, 0.4) is 0 Å². The van der Waals surface area contributed by atoms with Crippen molar-refractivity contribution < 1.29 is 0 Å². The minimum absolute atomic E-state index is 0.572. The lowest BCUT2D eigenvalue weighted by Gasteiger charge is -2.13. The molecule has 0 aliphatic rings. The highest BCUT2D eigenvalue weighted by Crippen LogP contribution is 2.42. The Morgan fingerprint density at radius 2 is 0.679 bits per heavy atom. The second kappa shape index (κ2) is 18.8.